The van der Waals surface area contributed by atoms with Crippen LogP contribution in [0.2, 0.25) is 0 Å². The van der Waals surface area contributed by atoms with Crippen LogP contribution in [0.3, 0.4) is 0 Å². The van der Waals surface area contributed by atoms with E-state index in [9.17, 15) is 9.59 Å². The molecule has 0 saturated heterocycles. The lowest BCUT2D eigenvalue weighted by molar-refractivity contribution is -0.133. The van der Waals surface area contributed by atoms with E-state index in [2.05, 4.69) is 15.6 Å². The number of benzene rings is 1. The first-order chi connectivity index (χ1) is 9.94. The first kappa shape index (κ1) is 14.7. The lowest BCUT2D eigenvalue weighted by atomic mass is 10.1. The molecule has 0 aliphatic rings. The number of nitrogens with one attached hydrogen (secondary N) is 2. The Hall–Kier alpha value is -2.69. The van der Waals surface area contributed by atoms with Crippen LogP contribution in [0, 0.1) is 20.8 Å². The van der Waals surface area contributed by atoms with Gasteiger partial charge in [-0.05, 0) is 61.7 Å². The van der Waals surface area contributed by atoms with Gasteiger partial charge in [-0.15, -0.1) is 0 Å². The molecule has 0 aliphatic heterocycles. The van der Waals surface area contributed by atoms with Crippen LogP contribution < -0.4 is 10.6 Å². The highest BCUT2D eigenvalue weighted by Crippen LogP contribution is 2.13. The molecule has 0 radical (unpaired) electrons. The van der Waals surface area contributed by atoms with Crippen LogP contribution in [0.1, 0.15) is 16.7 Å². The Kier molecular flexibility index (Phi) is 4.33. The van der Waals surface area contributed by atoms with Gasteiger partial charge in [0.25, 0.3) is 0 Å². The second-order valence-electron chi connectivity index (χ2n) is 5.00. The number of hydrogen-bond acceptors (Lipinski definition) is 3. The summed E-state index contributed by atoms with van der Waals surface area (Å²) in [6, 6.07) is 9.12. The molecular formula is C16H17N3O2. The topological polar surface area (TPSA) is 71.1 Å². The van der Waals surface area contributed by atoms with Crippen LogP contribution in [-0.2, 0) is 9.59 Å². The van der Waals surface area contributed by atoms with Crippen LogP contribution in [0.15, 0.2) is 36.5 Å². The molecule has 5 nitrogen and oxygen atoms in total. The quantitative estimate of drug-likeness (QED) is 0.832. The molecule has 0 spiro atoms. The van der Waals surface area contributed by atoms with Crippen LogP contribution in [-0.4, -0.2) is 16.8 Å². The third kappa shape index (κ3) is 4.14. The predicted molar refractivity (Wildman–Crippen MR) is 82.1 cm³/mol. The summed E-state index contributed by atoms with van der Waals surface area (Å²) in [6.07, 6.45) is 1.58. The second-order valence-corrected chi connectivity index (χ2v) is 5.00. The highest BCUT2D eigenvalue weighted by molar-refractivity contribution is 6.43. The Bertz CT molecular complexity index is 675. The summed E-state index contributed by atoms with van der Waals surface area (Å²) in [5.74, 6) is -1.11. The van der Waals surface area contributed by atoms with Gasteiger partial charge in [0.2, 0.25) is 0 Å². The summed E-state index contributed by atoms with van der Waals surface area (Å²) >= 11 is 0. The maximum absolute atomic E-state index is 11.9. The Labute approximate surface area is 123 Å². The number of hydrogen-bond donors (Lipinski definition) is 2. The third-order valence-electron chi connectivity index (χ3n) is 2.84. The maximum atomic E-state index is 11.9. The minimum absolute atomic E-state index is 0.357. The minimum Gasteiger partial charge on any atom is -0.318 e. The smallest absolute Gasteiger partial charge is 0.315 e. The summed E-state index contributed by atoms with van der Waals surface area (Å²) < 4.78 is 0. The number of aromatic nitrogens is 1. The van der Waals surface area contributed by atoms with Crippen molar-refractivity contribution < 1.29 is 9.59 Å². The molecule has 1 aromatic carbocycles. The lowest BCUT2D eigenvalue weighted by Gasteiger charge is -2.08. The molecule has 108 valence electrons. The van der Waals surface area contributed by atoms with Crippen molar-refractivity contribution in [1.82, 2.24) is 4.98 Å². The highest BCUT2D eigenvalue weighted by atomic mass is 16.2. The highest BCUT2D eigenvalue weighted by Gasteiger charge is 2.14. The van der Waals surface area contributed by atoms with E-state index in [0.717, 1.165) is 16.7 Å². The molecule has 0 aliphatic carbocycles. The summed E-state index contributed by atoms with van der Waals surface area (Å²) in [5.41, 5.74) is 3.59. The molecule has 0 saturated carbocycles. The van der Waals surface area contributed by atoms with Gasteiger partial charge in [-0.25, -0.2) is 4.98 Å². The third-order valence-corrected chi connectivity index (χ3v) is 2.84. The molecule has 1 heterocycles. The summed E-state index contributed by atoms with van der Waals surface area (Å²) in [6.45, 7) is 5.74. The molecule has 0 fully saturated rings. The fourth-order valence-electron chi connectivity index (χ4n) is 2.01. The van der Waals surface area contributed by atoms with Crippen LogP contribution >= 0.6 is 0 Å². The summed E-state index contributed by atoms with van der Waals surface area (Å²) in [4.78, 5) is 27.7. The molecule has 21 heavy (non-hydrogen) atoms. The normalized spacial score (nSPS) is 10.0. The van der Waals surface area contributed by atoms with E-state index >= 15 is 0 Å². The number of aryl methyl sites for hydroxylation is 3. The van der Waals surface area contributed by atoms with Crippen molar-refractivity contribution in [3.05, 3.63) is 53.2 Å². The van der Waals surface area contributed by atoms with E-state index in [4.69, 9.17) is 0 Å². The molecule has 2 rings (SSSR count). The number of pyridine rings is 1. The molecule has 2 aromatic rings. The SMILES string of the molecule is Cc1cc(C)cc(NC(=O)C(=O)Nc2cc(C)ccn2)c1. The van der Waals surface area contributed by atoms with Crippen molar-refractivity contribution in [2.75, 3.05) is 10.6 Å². The van der Waals surface area contributed by atoms with Crippen LogP contribution in [0.4, 0.5) is 11.5 Å². The number of anilines is 2. The number of amides is 2. The molecule has 0 unspecified atom stereocenters. The van der Waals surface area contributed by atoms with E-state index < -0.39 is 11.8 Å². The first-order valence-electron chi connectivity index (χ1n) is 6.57. The Morgan fingerprint density at radius 1 is 0.857 bits per heavy atom. The fraction of sp³-hybridized carbons (Fsp3) is 0.188. The van der Waals surface area contributed by atoms with E-state index in [1.54, 1.807) is 12.3 Å². The van der Waals surface area contributed by atoms with E-state index in [-0.39, 0.29) is 0 Å². The minimum atomic E-state index is -0.743. The van der Waals surface area contributed by atoms with Gasteiger partial charge in [-0.2, -0.15) is 0 Å². The Morgan fingerprint density at radius 3 is 2.10 bits per heavy atom. The molecule has 5 heteroatoms. The second kappa shape index (κ2) is 6.17. The molecule has 2 N–H and O–H groups in total. The first-order valence-corrected chi connectivity index (χ1v) is 6.57. The Morgan fingerprint density at radius 2 is 1.48 bits per heavy atom. The van der Waals surface area contributed by atoms with E-state index in [1.807, 2.05) is 45.0 Å². The summed E-state index contributed by atoms with van der Waals surface area (Å²) in [5, 5.41) is 5.05. The summed E-state index contributed by atoms with van der Waals surface area (Å²) in [7, 11) is 0. The zero-order valence-corrected chi connectivity index (χ0v) is 12.2. The van der Waals surface area contributed by atoms with Gasteiger partial charge in [-0.3, -0.25) is 9.59 Å². The number of rotatable bonds is 2. The van der Waals surface area contributed by atoms with Gasteiger partial charge in [0, 0.05) is 11.9 Å². The van der Waals surface area contributed by atoms with Crippen LogP contribution in [0.5, 0.6) is 0 Å². The van der Waals surface area contributed by atoms with Gasteiger partial charge >= 0.3 is 11.8 Å². The van der Waals surface area contributed by atoms with Gasteiger partial charge < -0.3 is 10.6 Å². The van der Waals surface area contributed by atoms with Gasteiger partial charge in [0.15, 0.2) is 0 Å². The van der Waals surface area contributed by atoms with Gasteiger partial charge in [0.1, 0.15) is 5.82 Å². The number of nitrogens with zero attached hydrogens (tertiary/aromatic N) is 1. The van der Waals surface area contributed by atoms with Gasteiger partial charge in [0.05, 0.1) is 0 Å². The van der Waals surface area contributed by atoms with E-state index in [1.165, 1.54) is 0 Å². The average Bonchev–Trinajstić information content (AvgIpc) is 2.37. The molecule has 0 bridgehead atoms. The van der Waals surface area contributed by atoms with Crippen LogP contribution in [0.25, 0.3) is 0 Å². The molecule has 0 atom stereocenters. The van der Waals surface area contributed by atoms with Crippen molar-refractivity contribution in [3.8, 4) is 0 Å². The zero-order chi connectivity index (χ0) is 15.4. The monoisotopic (exact) mass is 283 g/mol. The van der Waals surface area contributed by atoms with E-state index in [0.29, 0.717) is 11.5 Å². The van der Waals surface area contributed by atoms with Crippen molar-refractivity contribution in [3.63, 3.8) is 0 Å². The number of carbonyl (C=O) groups is 2. The Balaban J connectivity index is 2.04. The zero-order valence-electron chi connectivity index (χ0n) is 12.2. The fourth-order valence-corrected chi connectivity index (χ4v) is 2.01. The molecule has 2 amide bonds. The standard InChI is InChI=1S/C16H17N3O2/c1-10-4-5-17-14(9-10)19-16(21)15(20)18-13-7-11(2)6-12(3)8-13/h4-9H,1-3H3,(H,18,20)(H,17,19,21). The predicted octanol–water partition coefficient (Wildman–Crippen LogP) is 2.58. The molecule has 1 aromatic heterocycles. The van der Waals surface area contributed by atoms with Crippen molar-refractivity contribution >= 4 is 23.3 Å². The van der Waals surface area contributed by atoms with Crippen molar-refractivity contribution in [2.45, 2.75) is 20.8 Å². The number of carbonyl (C=O) groups excluding carboxylic acids is 2. The maximum Gasteiger partial charge on any atom is 0.315 e. The average molecular weight is 283 g/mol. The van der Waals surface area contributed by atoms with Crippen molar-refractivity contribution in [1.29, 1.82) is 0 Å². The van der Waals surface area contributed by atoms with Gasteiger partial charge in [-0.1, -0.05) is 6.07 Å². The van der Waals surface area contributed by atoms with Crippen molar-refractivity contribution in [2.24, 2.45) is 0 Å². The molecular weight excluding hydrogens is 266 g/mol. The lowest BCUT2D eigenvalue weighted by Crippen LogP contribution is -2.29. The largest absolute Gasteiger partial charge is 0.318 e.